The molecule has 124 valence electrons. The Morgan fingerprint density at radius 2 is 1.75 bits per heavy atom. The summed E-state index contributed by atoms with van der Waals surface area (Å²) in [5, 5.41) is 2.92. The SMILES string of the molecule is C=Cc1ccc(C(=O)Nc2ccc(SN3CCOCC3)cc2)cc1. The van der Waals surface area contributed by atoms with Crippen molar-refractivity contribution in [2.75, 3.05) is 31.6 Å². The topological polar surface area (TPSA) is 41.6 Å². The lowest BCUT2D eigenvalue weighted by Gasteiger charge is -2.25. The number of nitrogens with zero attached hydrogens (tertiary/aromatic N) is 1. The molecule has 1 N–H and O–H groups in total. The number of anilines is 1. The molecule has 0 radical (unpaired) electrons. The zero-order valence-electron chi connectivity index (χ0n) is 13.4. The van der Waals surface area contributed by atoms with Crippen LogP contribution in [0.3, 0.4) is 0 Å². The number of rotatable bonds is 5. The van der Waals surface area contributed by atoms with E-state index in [4.69, 9.17) is 4.74 Å². The van der Waals surface area contributed by atoms with Crippen LogP contribution in [0.5, 0.6) is 0 Å². The van der Waals surface area contributed by atoms with Crippen molar-refractivity contribution in [3.05, 3.63) is 66.2 Å². The maximum atomic E-state index is 12.3. The second-order valence-electron chi connectivity index (χ2n) is 5.44. The van der Waals surface area contributed by atoms with Gasteiger partial charge in [-0.15, -0.1) is 0 Å². The van der Waals surface area contributed by atoms with Gasteiger partial charge in [0.15, 0.2) is 0 Å². The number of hydrogen-bond donors (Lipinski definition) is 1. The lowest BCUT2D eigenvalue weighted by molar-refractivity contribution is 0.0773. The number of benzene rings is 2. The minimum absolute atomic E-state index is 0.112. The van der Waals surface area contributed by atoms with E-state index < -0.39 is 0 Å². The molecule has 1 amide bonds. The van der Waals surface area contributed by atoms with Gasteiger partial charge in [0.1, 0.15) is 0 Å². The first-order chi connectivity index (χ1) is 11.7. The minimum atomic E-state index is -0.112. The van der Waals surface area contributed by atoms with Crippen LogP contribution < -0.4 is 5.32 Å². The molecule has 0 unspecified atom stereocenters. The smallest absolute Gasteiger partial charge is 0.255 e. The highest BCUT2D eigenvalue weighted by molar-refractivity contribution is 7.97. The van der Waals surface area contributed by atoms with Crippen LogP contribution in [-0.4, -0.2) is 36.5 Å². The summed E-state index contributed by atoms with van der Waals surface area (Å²) in [5.74, 6) is -0.112. The molecule has 1 fully saturated rings. The Balaban J connectivity index is 1.58. The molecule has 4 nitrogen and oxygen atoms in total. The van der Waals surface area contributed by atoms with Crippen molar-refractivity contribution in [1.29, 1.82) is 0 Å². The van der Waals surface area contributed by atoms with Gasteiger partial charge in [0.2, 0.25) is 0 Å². The molecule has 1 aliphatic heterocycles. The molecule has 24 heavy (non-hydrogen) atoms. The van der Waals surface area contributed by atoms with Gasteiger partial charge in [-0.2, -0.15) is 0 Å². The fourth-order valence-electron chi connectivity index (χ4n) is 2.36. The first-order valence-electron chi connectivity index (χ1n) is 7.89. The van der Waals surface area contributed by atoms with Gasteiger partial charge in [0, 0.05) is 29.2 Å². The van der Waals surface area contributed by atoms with Crippen LogP contribution in [0.25, 0.3) is 6.08 Å². The van der Waals surface area contributed by atoms with E-state index in [1.54, 1.807) is 30.2 Å². The van der Waals surface area contributed by atoms with Gasteiger partial charge in [0.05, 0.1) is 13.2 Å². The summed E-state index contributed by atoms with van der Waals surface area (Å²) in [6.45, 7) is 7.15. The second kappa shape index (κ2) is 8.15. The fraction of sp³-hybridized carbons (Fsp3) is 0.211. The Morgan fingerprint density at radius 3 is 2.38 bits per heavy atom. The van der Waals surface area contributed by atoms with Crippen molar-refractivity contribution >= 4 is 29.6 Å². The maximum absolute atomic E-state index is 12.3. The van der Waals surface area contributed by atoms with Gasteiger partial charge in [-0.25, -0.2) is 4.31 Å². The third kappa shape index (κ3) is 4.47. The summed E-state index contributed by atoms with van der Waals surface area (Å²) in [7, 11) is 0. The molecule has 0 aliphatic carbocycles. The molecule has 3 rings (SSSR count). The Kier molecular flexibility index (Phi) is 5.69. The molecule has 0 aromatic heterocycles. The van der Waals surface area contributed by atoms with Crippen LogP contribution in [0.1, 0.15) is 15.9 Å². The summed E-state index contributed by atoms with van der Waals surface area (Å²) in [6.07, 6.45) is 1.76. The van der Waals surface area contributed by atoms with E-state index in [0.29, 0.717) is 5.56 Å². The standard InChI is InChI=1S/C19H20N2O2S/c1-2-15-3-5-16(6-4-15)19(22)20-17-7-9-18(10-8-17)24-21-11-13-23-14-12-21/h2-10H,1,11-14H2,(H,20,22). The van der Waals surface area contributed by atoms with Gasteiger partial charge in [0.25, 0.3) is 5.91 Å². The van der Waals surface area contributed by atoms with Crippen LogP contribution in [0.4, 0.5) is 5.69 Å². The normalized spacial score (nSPS) is 15.0. The van der Waals surface area contributed by atoms with Crippen molar-refractivity contribution in [1.82, 2.24) is 4.31 Å². The third-order valence-corrected chi connectivity index (χ3v) is 4.83. The fourth-order valence-corrected chi connectivity index (χ4v) is 3.25. The molecular weight excluding hydrogens is 320 g/mol. The number of hydrogen-bond acceptors (Lipinski definition) is 4. The van der Waals surface area contributed by atoms with Crippen LogP contribution in [0.15, 0.2) is 60.0 Å². The van der Waals surface area contributed by atoms with E-state index in [-0.39, 0.29) is 5.91 Å². The first-order valence-corrected chi connectivity index (χ1v) is 8.66. The molecule has 5 heteroatoms. The van der Waals surface area contributed by atoms with Crippen LogP contribution in [0.2, 0.25) is 0 Å². The zero-order chi connectivity index (χ0) is 16.8. The summed E-state index contributed by atoms with van der Waals surface area (Å²) in [5.41, 5.74) is 2.42. The Morgan fingerprint density at radius 1 is 1.08 bits per heavy atom. The van der Waals surface area contributed by atoms with Gasteiger partial charge in [-0.05, 0) is 53.9 Å². The average Bonchev–Trinajstić information content (AvgIpc) is 2.64. The highest BCUT2D eigenvalue weighted by Gasteiger charge is 2.12. The Hall–Kier alpha value is -2.08. The number of carbonyl (C=O) groups excluding carboxylic acids is 1. The van der Waals surface area contributed by atoms with Gasteiger partial charge >= 0.3 is 0 Å². The van der Waals surface area contributed by atoms with Gasteiger partial charge in [-0.3, -0.25) is 4.79 Å². The number of amides is 1. The van der Waals surface area contributed by atoms with Crippen LogP contribution >= 0.6 is 11.9 Å². The maximum Gasteiger partial charge on any atom is 0.255 e. The van der Waals surface area contributed by atoms with Crippen LogP contribution in [0, 0.1) is 0 Å². The molecular formula is C19H20N2O2S. The molecule has 2 aromatic rings. The summed E-state index contributed by atoms with van der Waals surface area (Å²) >= 11 is 1.72. The van der Waals surface area contributed by atoms with Crippen molar-refractivity contribution < 1.29 is 9.53 Å². The average molecular weight is 340 g/mol. The number of carbonyl (C=O) groups is 1. The van der Waals surface area contributed by atoms with E-state index in [1.807, 2.05) is 36.4 Å². The van der Waals surface area contributed by atoms with Crippen molar-refractivity contribution in [2.45, 2.75) is 4.90 Å². The summed E-state index contributed by atoms with van der Waals surface area (Å²) < 4.78 is 7.64. The molecule has 0 saturated carbocycles. The molecule has 1 saturated heterocycles. The lowest BCUT2D eigenvalue weighted by Crippen LogP contribution is -2.30. The largest absolute Gasteiger partial charge is 0.379 e. The molecule has 2 aromatic carbocycles. The summed E-state index contributed by atoms with van der Waals surface area (Å²) in [4.78, 5) is 13.4. The van der Waals surface area contributed by atoms with E-state index >= 15 is 0 Å². The monoisotopic (exact) mass is 340 g/mol. The lowest BCUT2D eigenvalue weighted by atomic mass is 10.1. The van der Waals surface area contributed by atoms with E-state index in [9.17, 15) is 4.79 Å². The zero-order valence-corrected chi connectivity index (χ0v) is 14.2. The summed E-state index contributed by atoms with van der Waals surface area (Å²) in [6, 6.07) is 15.3. The molecule has 0 atom stereocenters. The van der Waals surface area contributed by atoms with Crippen molar-refractivity contribution in [3.8, 4) is 0 Å². The third-order valence-electron chi connectivity index (χ3n) is 3.73. The van der Waals surface area contributed by atoms with Crippen molar-refractivity contribution in [3.63, 3.8) is 0 Å². The van der Waals surface area contributed by atoms with Gasteiger partial charge in [-0.1, -0.05) is 24.8 Å². The molecule has 0 spiro atoms. The van der Waals surface area contributed by atoms with Crippen molar-refractivity contribution in [2.24, 2.45) is 0 Å². The Bertz CT molecular complexity index is 692. The highest BCUT2D eigenvalue weighted by Crippen LogP contribution is 2.25. The molecule has 1 heterocycles. The molecule has 0 bridgehead atoms. The van der Waals surface area contributed by atoms with Crippen LogP contribution in [-0.2, 0) is 4.74 Å². The number of morpholine rings is 1. The highest BCUT2D eigenvalue weighted by atomic mass is 32.2. The first kappa shape index (κ1) is 16.8. The predicted octanol–water partition coefficient (Wildman–Crippen LogP) is 3.92. The van der Waals surface area contributed by atoms with Gasteiger partial charge < -0.3 is 10.1 Å². The molecule has 1 aliphatic rings. The number of nitrogens with one attached hydrogen (secondary N) is 1. The minimum Gasteiger partial charge on any atom is -0.379 e. The predicted molar refractivity (Wildman–Crippen MR) is 99.2 cm³/mol. The van der Waals surface area contributed by atoms with E-state index in [0.717, 1.165) is 42.4 Å². The number of ether oxygens (including phenoxy) is 1. The van der Waals surface area contributed by atoms with E-state index in [1.165, 1.54) is 0 Å². The van der Waals surface area contributed by atoms with E-state index in [2.05, 4.69) is 16.2 Å². The quantitative estimate of drug-likeness (QED) is 0.838. The Labute approximate surface area is 146 Å². The second-order valence-corrected chi connectivity index (χ2v) is 6.61.